The molecule has 0 saturated heterocycles. The van der Waals surface area contributed by atoms with E-state index in [1.54, 1.807) is 43.3 Å². The van der Waals surface area contributed by atoms with E-state index in [9.17, 15) is 18.8 Å². The third-order valence-electron chi connectivity index (χ3n) is 4.37. The third kappa shape index (κ3) is 7.48. The normalized spacial score (nSPS) is 11.5. The highest BCUT2D eigenvalue weighted by molar-refractivity contribution is 6.30. The molecule has 2 rings (SSSR count). The molecule has 2 aromatic rings. The summed E-state index contributed by atoms with van der Waals surface area (Å²) in [6, 6.07) is 12.1. The highest BCUT2D eigenvalue weighted by atomic mass is 35.5. The number of carbonyl (C=O) groups is 3. The van der Waals surface area contributed by atoms with Gasteiger partial charge in [0.05, 0.1) is 12.5 Å². The molecule has 0 aliphatic carbocycles. The number of halogens is 2. The number of hydrogen-bond acceptors (Lipinski definition) is 4. The number of nitrogens with zero attached hydrogens (tertiary/aromatic N) is 1. The Morgan fingerprint density at radius 2 is 1.87 bits per heavy atom. The minimum Gasteiger partial charge on any atom is -0.455 e. The van der Waals surface area contributed by atoms with Gasteiger partial charge >= 0.3 is 5.97 Å². The zero-order valence-corrected chi connectivity index (χ0v) is 17.6. The van der Waals surface area contributed by atoms with Crippen LogP contribution in [0.15, 0.2) is 48.5 Å². The Hall–Kier alpha value is -2.93. The zero-order chi connectivity index (χ0) is 22.1. The Bertz CT molecular complexity index is 889. The van der Waals surface area contributed by atoms with Crippen molar-refractivity contribution in [2.75, 3.05) is 13.2 Å². The Morgan fingerprint density at radius 1 is 1.17 bits per heavy atom. The van der Waals surface area contributed by atoms with E-state index in [0.29, 0.717) is 22.7 Å². The lowest BCUT2D eigenvalue weighted by molar-refractivity contribution is -0.152. The smallest absolute Gasteiger partial charge is 0.308 e. The fourth-order valence-electron chi connectivity index (χ4n) is 2.88. The molecule has 0 aliphatic rings. The second-order valence-corrected chi connectivity index (χ2v) is 7.14. The number of hydrogen-bond donors (Lipinski definition) is 1. The lowest BCUT2D eigenvalue weighted by Gasteiger charge is -2.21. The van der Waals surface area contributed by atoms with E-state index in [2.05, 4.69) is 5.32 Å². The summed E-state index contributed by atoms with van der Waals surface area (Å²) in [6.07, 6.45) is -0.134. The van der Waals surface area contributed by atoms with Crippen LogP contribution < -0.4 is 5.32 Å². The average Bonchev–Trinajstić information content (AvgIpc) is 2.70. The van der Waals surface area contributed by atoms with Crippen molar-refractivity contribution in [3.05, 3.63) is 70.5 Å². The van der Waals surface area contributed by atoms with E-state index in [1.807, 2.05) is 0 Å². The van der Waals surface area contributed by atoms with Gasteiger partial charge in [0, 0.05) is 25.0 Å². The SMILES string of the molecule is CCN(Cc1cccc(F)c1)C(=O)COC(=O)CC(NC(C)=O)c1ccc(Cl)cc1. The summed E-state index contributed by atoms with van der Waals surface area (Å²) in [5.41, 5.74) is 1.34. The molecule has 0 fully saturated rings. The van der Waals surface area contributed by atoms with Crippen molar-refractivity contribution >= 4 is 29.4 Å². The lowest BCUT2D eigenvalue weighted by atomic mass is 10.0. The van der Waals surface area contributed by atoms with Gasteiger partial charge in [-0.3, -0.25) is 14.4 Å². The molecule has 0 aromatic heterocycles. The minimum absolute atomic E-state index is 0.134. The number of ether oxygens (including phenoxy) is 1. The summed E-state index contributed by atoms with van der Waals surface area (Å²) >= 11 is 5.88. The number of benzene rings is 2. The molecule has 0 aliphatic heterocycles. The van der Waals surface area contributed by atoms with Gasteiger partial charge in [0.2, 0.25) is 5.91 Å². The van der Waals surface area contributed by atoms with Gasteiger partial charge < -0.3 is 15.0 Å². The average molecular weight is 435 g/mol. The predicted octanol–water partition coefficient (Wildman–Crippen LogP) is 3.64. The first-order chi connectivity index (χ1) is 14.3. The Kier molecular flexibility index (Phi) is 8.80. The number of carbonyl (C=O) groups excluding carboxylic acids is 3. The third-order valence-corrected chi connectivity index (χ3v) is 4.63. The topological polar surface area (TPSA) is 75.7 Å². The van der Waals surface area contributed by atoms with E-state index in [0.717, 1.165) is 0 Å². The summed E-state index contributed by atoms with van der Waals surface area (Å²) in [4.78, 5) is 37.6. The van der Waals surface area contributed by atoms with Crippen LogP contribution in [0.1, 0.15) is 37.4 Å². The zero-order valence-electron chi connectivity index (χ0n) is 16.9. The van der Waals surface area contributed by atoms with Crippen LogP contribution in [-0.4, -0.2) is 35.8 Å². The first-order valence-corrected chi connectivity index (χ1v) is 9.86. The van der Waals surface area contributed by atoms with Crippen LogP contribution >= 0.6 is 11.6 Å². The highest BCUT2D eigenvalue weighted by Crippen LogP contribution is 2.20. The predicted molar refractivity (Wildman–Crippen MR) is 111 cm³/mol. The van der Waals surface area contributed by atoms with Crippen molar-refractivity contribution in [2.24, 2.45) is 0 Å². The fraction of sp³-hybridized carbons (Fsp3) is 0.318. The van der Waals surface area contributed by atoms with Crippen LogP contribution in [0, 0.1) is 5.82 Å². The van der Waals surface area contributed by atoms with E-state index in [4.69, 9.17) is 16.3 Å². The van der Waals surface area contributed by atoms with Gasteiger partial charge in [-0.25, -0.2) is 4.39 Å². The minimum atomic E-state index is -0.626. The molecule has 0 spiro atoms. The van der Waals surface area contributed by atoms with Gasteiger partial charge in [0.1, 0.15) is 5.82 Å². The summed E-state index contributed by atoms with van der Waals surface area (Å²) in [5, 5.41) is 3.23. The van der Waals surface area contributed by atoms with E-state index >= 15 is 0 Å². The van der Waals surface area contributed by atoms with Gasteiger partial charge in [-0.05, 0) is 42.3 Å². The molecule has 160 valence electrons. The molecule has 2 amide bonds. The molecule has 0 radical (unpaired) electrons. The first-order valence-electron chi connectivity index (χ1n) is 9.49. The Labute approximate surface area is 180 Å². The fourth-order valence-corrected chi connectivity index (χ4v) is 3.01. The molecule has 0 saturated carbocycles. The van der Waals surface area contributed by atoms with Crippen molar-refractivity contribution in [3.63, 3.8) is 0 Å². The summed E-state index contributed by atoms with van der Waals surface area (Å²) < 4.78 is 18.5. The maximum atomic E-state index is 13.3. The number of esters is 1. The molecule has 1 N–H and O–H groups in total. The molecule has 30 heavy (non-hydrogen) atoms. The second kappa shape index (κ2) is 11.3. The van der Waals surface area contributed by atoms with Gasteiger partial charge in [0.25, 0.3) is 5.91 Å². The van der Waals surface area contributed by atoms with Crippen molar-refractivity contribution in [3.8, 4) is 0 Å². The standard InChI is InChI=1S/C22H24ClFN2O4/c1-3-26(13-16-5-4-6-19(24)11-16)21(28)14-30-22(29)12-20(25-15(2)27)17-7-9-18(23)10-8-17/h4-11,20H,3,12-14H2,1-2H3,(H,25,27). The molecular weight excluding hydrogens is 411 g/mol. The van der Waals surface area contributed by atoms with Crippen LogP contribution in [0.2, 0.25) is 5.02 Å². The quantitative estimate of drug-likeness (QED) is 0.611. The van der Waals surface area contributed by atoms with Crippen molar-refractivity contribution in [1.29, 1.82) is 0 Å². The summed E-state index contributed by atoms with van der Waals surface area (Å²) in [6.45, 7) is 3.29. The van der Waals surface area contributed by atoms with E-state index < -0.39 is 24.5 Å². The molecule has 1 unspecified atom stereocenters. The maximum absolute atomic E-state index is 13.3. The number of nitrogens with one attached hydrogen (secondary N) is 1. The van der Waals surface area contributed by atoms with E-state index in [-0.39, 0.29) is 24.7 Å². The van der Waals surface area contributed by atoms with Gasteiger partial charge in [0.15, 0.2) is 6.61 Å². The molecule has 8 heteroatoms. The largest absolute Gasteiger partial charge is 0.455 e. The van der Waals surface area contributed by atoms with Crippen molar-refractivity contribution in [1.82, 2.24) is 10.2 Å². The molecule has 0 bridgehead atoms. The van der Waals surface area contributed by atoms with Gasteiger partial charge in [-0.1, -0.05) is 35.9 Å². The van der Waals surface area contributed by atoms with Crippen LogP contribution in [0.5, 0.6) is 0 Å². The molecule has 2 aromatic carbocycles. The van der Waals surface area contributed by atoms with Crippen molar-refractivity contribution in [2.45, 2.75) is 32.9 Å². The number of rotatable bonds is 9. The van der Waals surface area contributed by atoms with Crippen molar-refractivity contribution < 1.29 is 23.5 Å². The molecule has 0 heterocycles. The second-order valence-electron chi connectivity index (χ2n) is 6.71. The van der Waals surface area contributed by atoms with Gasteiger partial charge in [-0.15, -0.1) is 0 Å². The maximum Gasteiger partial charge on any atom is 0.308 e. The Balaban J connectivity index is 1.93. The molecule has 1 atom stereocenters. The number of likely N-dealkylation sites (N-methyl/N-ethyl adjacent to an activating group) is 1. The highest BCUT2D eigenvalue weighted by Gasteiger charge is 2.20. The van der Waals surface area contributed by atoms with Crippen LogP contribution in [0.4, 0.5) is 4.39 Å². The lowest BCUT2D eigenvalue weighted by Crippen LogP contribution is -2.35. The Morgan fingerprint density at radius 3 is 2.47 bits per heavy atom. The van der Waals surface area contributed by atoms with Crippen LogP contribution in [0.25, 0.3) is 0 Å². The van der Waals surface area contributed by atoms with Crippen LogP contribution in [0.3, 0.4) is 0 Å². The molecular formula is C22H24ClFN2O4. The monoisotopic (exact) mass is 434 g/mol. The first kappa shape index (κ1) is 23.3. The summed E-state index contributed by atoms with van der Waals surface area (Å²) in [7, 11) is 0. The molecule has 6 nitrogen and oxygen atoms in total. The van der Waals surface area contributed by atoms with Gasteiger partial charge in [-0.2, -0.15) is 0 Å². The summed E-state index contributed by atoms with van der Waals surface area (Å²) in [5.74, 6) is -1.70. The van der Waals surface area contributed by atoms with Crippen LogP contribution in [-0.2, 0) is 25.7 Å². The van der Waals surface area contributed by atoms with E-state index in [1.165, 1.54) is 24.0 Å². The number of amides is 2.